The second-order valence-electron chi connectivity index (χ2n) is 3.00. The monoisotopic (exact) mass is 157 g/mol. The quantitative estimate of drug-likeness (QED) is 0.541. The van der Waals surface area contributed by atoms with Gasteiger partial charge in [0, 0.05) is 32.7 Å². The van der Waals surface area contributed by atoms with Crippen LogP contribution in [-0.2, 0) is 0 Å². The van der Waals surface area contributed by atoms with E-state index in [0.29, 0.717) is 6.54 Å². The molecule has 0 bridgehead atoms. The molecule has 1 heterocycles. The Kier molecular flexibility index (Phi) is 3.45. The SMILES string of the molecule is CN1CCN(CCN=O)CC1. The molecule has 0 N–H and O–H groups in total. The smallest absolute Gasteiger partial charge is 0.0938 e. The number of rotatable bonds is 3. The molecule has 4 heteroatoms. The minimum absolute atomic E-state index is 0.434. The maximum absolute atomic E-state index is 9.82. The summed E-state index contributed by atoms with van der Waals surface area (Å²) in [5.41, 5.74) is 0. The van der Waals surface area contributed by atoms with Gasteiger partial charge in [-0.1, -0.05) is 5.18 Å². The highest BCUT2D eigenvalue weighted by molar-refractivity contribution is 4.69. The van der Waals surface area contributed by atoms with E-state index < -0.39 is 0 Å². The number of hydrogen-bond donors (Lipinski definition) is 0. The Morgan fingerprint density at radius 3 is 2.45 bits per heavy atom. The maximum atomic E-state index is 9.82. The predicted octanol–water partition coefficient (Wildman–Crippen LogP) is 0.000200. The van der Waals surface area contributed by atoms with E-state index in [1.165, 1.54) is 0 Å². The topological polar surface area (TPSA) is 35.9 Å². The molecule has 1 fully saturated rings. The second-order valence-corrected chi connectivity index (χ2v) is 3.00. The van der Waals surface area contributed by atoms with Crippen molar-refractivity contribution in [2.24, 2.45) is 5.18 Å². The molecule has 0 unspecified atom stereocenters. The first-order valence-corrected chi connectivity index (χ1v) is 4.03. The second kappa shape index (κ2) is 4.41. The fraction of sp³-hybridized carbons (Fsp3) is 1.00. The van der Waals surface area contributed by atoms with Crippen molar-refractivity contribution in [3.05, 3.63) is 4.91 Å². The zero-order chi connectivity index (χ0) is 8.10. The molecule has 0 amide bonds. The Labute approximate surface area is 67.1 Å². The molecule has 1 aliphatic heterocycles. The molecular formula is C7H15N3O. The van der Waals surface area contributed by atoms with Crippen molar-refractivity contribution in [3.8, 4) is 0 Å². The van der Waals surface area contributed by atoms with Crippen LogP contribution in [0.25, 0.3) is 0 Å². The molecule has 64 valence electrons. The van der Waals surface area contributed by atoms with Crippen LogP contribution in [-0.4, -0.2) is 56.1 Å². The molecule has 1 saturated heterocycles. The fourth-order valence-electron chi connectivity index (χ4n) is 1.25. The van der Waals surface area contributed by atoms with Crippen molar-refractivity contribution >= 4 is 0 Å². The largest absolute Gasteiger partial charge is 0.304 e. The third-order valence-corrected chi connectivity index (χ3v) is 2.10. The standard InChI is InChI=1S/C7H15N3O/c1-9-4-6-10(7-5-9)3-2-8-11/h2-7H2,1H3. The Morgan fingerprint density at radius 2 is 1.91 bits per heavy atom. The van der Waals surface area contributed by atoms with Gasteiger partial charge >= 0.3 is 0 Å². The summed E-state index contributed by atoms with van der Waals surface area (Å²) >= 11 is 0. The fourth-order valence-corrected chi connectivity index (χ4v) is 1.25. The lowest BCUT2D eigenvalue weighted by Crippen LogP contribution is -2.45. The van der Waals surface area contributed by atoms with Crippen molar-refractivity contribution in [1.82, 2.24) is 9.80 Å². The zero-order valence-corrected chi connectivity index (χ0v) is 6.99. The highest BCUT2D eigenvalue weighted by Gasteiger charge is 2.12. The van der Waals surface area contributed by atoms with E-state index in [2.05, 4.69) is 22.0 Å². The van der Waals surface area contributed by atoms with E-state index in [1.54, 1.807) is 0 Å². The Bertz CT molecular complexity index is 121. The van der Waals surface area contributed by atoms with Gasteiger partial charge in [0.2, 0.25) is 0 Å². The molecule has 1 aliphatic rings. The van der Waals surface area contributed by atoms with Crippen LogP contribution in [0.4, 0.5) is 0 Å². The summed E-state index contributed by atoms with van der Waals surface area (Å²) in [4.78, 5) is 14.4. The molecule has 0 aromatic carbocycles. The molecule has 0 saturated carbocycles. The van der Waals surface area contributed by atoms with E-state index in [0.717, 1.165) is 32.7 Å². The third kappa shape index (κ3) is 2.95. The zero-order valence-electron chi connectivity index (χ0n) is 6.99. The normalized spacial score (nSPS) is 21.9. The molecule has 0 aromatic rings. The lowest BCUT2D eigenvalue weighted by atomic mass is 10.3. The highest BCUT2D eigenvalue weighted by atomic mass is 16.3. The summed E-state index contributed by atoms with van der Waals surface area (Å²) in [6.45, 7) is 5.64. The highest BCUT2D eigenvalue weighted by Crippen LogP contribution is 1.97. The van der Waals surface area contributed by atoms with Crippen molar-refractivity contribution in [2.45, 2.75) is 0 Å². The molecular weight excluding hydrogens is 142 g/mol. The summed E-state index contributed by atoms with van der Waals surface area (Å²) in [5, 5.41) is 2.84. The van der Waals surface area contributed by atoms with Crippen LogP contribution < -0.4 is 0 Å². The van der Waals surface area contributed by atoms with Crippen molar-refractivity contribution in [1.29, 1.82) is 0 Å². The number of likely N-dealkylation sites (N-methyl/N-ethyl adjacent to an activating group) is 1. The van der Waals surface area contributed by atoms with Crippen LogP contribution in [0.15, 0.2) is 5.18 Å². The van der Waals surface area contributed by atoms with Crippen LogP contribution in [0.5, 0.6) is 0 Å². The minimum atomic E-state index is 0.434. The van der Waals surface area contributed by atoms with Gasteiger partial charge in [-0.3, -0.25) is 4.90 Å². The number of hydrogen-bond acceptors (Lipinski definition) is 4. The number of piperazine rings is 1. The van der Waals surface area contributed by atoms with Gasteiger partial charge in [-0.25, -0.2) is 0 Å². The van der Waals surface area contributed by atoms with Crippen LogP contribution in [0.3, 0.4) is 0 Å². The lowest BCUT2D eigenvalue weighted by Gasteiger charge is -2.31. The Hall–Kier alpha value is -0.480. The summed E-state index contributed by atoms with van der Waals surface area (Å²) in [6, 6.07) is 0. The van der Waals surface area contributed by atoms with E-state index in [-0.39, 0.29) is 0 Å². The summed E-state index contributed by atoms with van der Waals surface area (Å²) < 4.78 is 0. The van der Waals surface area contributed by atoms with Gasteiger partial charge in [0.25, 0.3) is 0 Å². The average molecular weight is 157 g/mol. The van der Waals surface area contributed by atoms with Gasteiger partial charge in [0.1, 0.15) is 0 Å². The van der Waals surface area contributed by atoms with Crippen molar-refractivity contribution in [2.75, 3.05) is 46.3 Å². The van der Waals surface area contributed by atoms with Crippen LogP contribution in [0.2, 0.25) is 0 Å². The molecule has 0 spiro atoms. The van der Waals surface area contributed by atoms with E-state index in [4.69, 9.17) is 0 Å². The summed E-state index contributed by atoms with van der Waals surface area (Å²) in [5.74, 6) is 0. The number of nitrogens with zero attached hydrogens (tertiary/aromatic N) is 3. The first-order valence-electron chi connectivity index (χ1n) is 4.03. The molecule has 0 radical (unpaired) electrons. The number of nitroso groups, excluding NO2 is 1. The molecule has 0 atom stereocenters. The first kappa shape index (κ1) is 8.62. The summed E-state index contributed by atoms with van der Waals surface area (Å²) in [7, 11) is 2.12. The van der Waals surface area contributed by atoms with E-state index in [9.17, 15) is 4.91 Å². The van der Waals surface area contributed by atoms with Gasteiger partial charge < -0.3 is 4.90 Å². The van der Waals surface area contributed by atoms with Gasteiger partial charge in [0.15, 0.2) is 0 Å². The lowest BCUT2D eigenvalue weighted by molar-refractivity contribution is 0.157. The molecule has 4 nitrogen and oxygen atoms in total. The summed E-state index contributed by atoms with van der Waals surface area (Å²) in [6.07, 6.45) is 0. The van der Waals surface area contributed by atoms with Gasteiger partial charge in [-0.05, 0) is 7.05 Å². The maximum Gasteiger partial charge on any atom is 0.0938 e. The van der Waals surface area contributed by atoms with Gasteiger partial charge in [0.05, 0.1) is 6.54 Å². The first-order chi connectivity index (χ1) is 5.33. The molecule has 1 rings (SSSR count). The van der Waals surface area contributed by atoms with Crippen molar-refractivity contribution < 1.29 is 0 Å². The third-order valence-electron chi connectivity index (χ3n) is 2.10. The van der Waals surface area contributed by atoms with Crippen LogP contribution in [0, 0.1) is 4.91 Å². The van der Waals surface area contributed by atoms with Gasteiger partial charge in [-0.15, -0.1) is 0 Å². The van der Waals surface area contributed by atoms with Crippen LogP contribution in [0.1, 0.15) is 0 Å². The molecule has 0 aromatic heterocycles. The Balaban J connectivity index is 2.12. The van der Waals surface area contributed by atoms with Gasteiger partial charge in [-0.2, -0.15) is 4.91 Å². The molecule has 11 heavy (non-hydrogen) atoms. The van der Waals surface area contributed by atoms with E-state index >= 15 is 0 Å². The van der Waals surface area contributed by atoms with E-state index in [1.807, 2.05) is 0 Å². The predicted molar refractivity (Wildman–Crippen MR) is 44.6 cm³/mol. The Morgan fingerprint density at radius 1 is 1.27 bits per heavy atom. The van der Waals surface area contributed by atoms with Crippen LogP contribution >= 0.6 is 0 Å². The molecule has 0 aliphatic carbocycles. The average Bonchev–Trinajstić information content (AvgIpc) is 2.04. The minimum Gasteiger partial charge on any atom is -0.304 e. The van der Waals surface area contributed by atoms with Crippen molar-refractivity contribution in [3.63, 3.8) is 0 Å².